The van der Waals surface area contributed by atoms with Gasteiger partial charge in [0.2, 0.25) is 5.91 Å². The summed E-state index contributed by atoms with van der Waals surface area (Å²) in [7, 11) is 0. The molecule has 4 heterocycles. The molecule has 0 spiro atoms. The van der Waals surface area contributed by atoms with Crippen molar-refractivity contribution in [1.29, 1.82) is 0 Å². The molecule has 3 aliphatic heterocycles. The number of likely N-dealkylation sites (tertiary alicyclic amines) is 1. The first-order valence-corrected chi connectivity index (χ1v) is 17.0. The quantitative estimate of drug-likeness (QED) is 0.283. The third-order valence-electron chi connectivity index (χ3n) is 9.66. The molecule has 3 aromatic rings. The van der Waals surface area contributed by atoms with Gasteiger partial charge in [-0.25, -0.2) is 4.98 Å². The van der Waals surface area contributed by atoms with Crippen LogP contribution in [0.1, 0.15) is 72.0 Å². The number of aryl methyl sites for hydroxylation is 1. The number of carbonyl (C=O) groups is 2. The monoisotopic (exact) mass is 644 g/mol. The molecule has 1 aromatic heterocycles. The fourth-order valence-electron chi connectivity index (χ4n) is 6.86. The predicted molar refractivity (Wildman–Crippen MR) is 181 cm³/mol. The van der Waals surface area contributed by atoms with Gasteiger partial charge in [-0.2, -0.15) is 0 Å². The van der Waals surface area contributed by atoms with Crippen LogP contribution in [0.3, 0.4) is 0 Å². The molecule has 3 N–H and O–H groups in total. The highest BCUT2D eigenvalue weighted by molar-refractivity contribution is 5.96. The minimum absolute atomic E-state index is 0.122. The van der Waals surface area contributed by atoms with Crippen molar-refractivity contribution in [2.24, 2.45) is 0 Å². The predicted octanol–water partition coefficient (Wildman–Crippen LogP) is 4.12. The van der Waals surface area contributed by atoms with Crippen LogP contribution in [0.25, 0.3) is 0 Å². The van der Waals surface area contributed by atoms with Crippen molar-refractivity contribution in [3.63, 3.8) is 0 Å². The summed E-state index contributed by atoms with van der Waals surface area (Å²) < 4.78 is 11.3. The van der Waals surface area contributed by atoms with Crippen LogP contribution >= 0.6 is 0 Å². The van der Waals surface area contributed by atoms with E-state index < -0.39 is 6.10 Å². The SMILES string of the molecule is CC(=O)N1CCC(Nc2cc(C(=O)NC[C@H](O)CN3CCc4cc(OCc5ocnc5C)ccc4C3)cc(N3CCCCC3)c2)CC1. The van der Waals surface area contributed by atoms with Gasteiger partial charge in [0, 0.05) is 82.3 Å². The highest BCUT2D eigenvalue weighted by Gasteiger charge is 2.23. The van der Waals surface area contributed by atoms with Gasteiger partial charge in [-0.3, -0.25) is 14.5 Å². The van der Waals surface area contributed by atoms with Crippen LogP contribution in [0.4, 0.5) is 11.4 Å². The normalized spacial score (nSPS) is 18.0. The van der Waals surface area contributed by atoms with E-state index in [9.17, 15) is 14.7 Å². The summed E-state index contributed by atoms with van der Waals surface area (Å²) in [5.41, 5.74) is 5.87. The Morgan fingerprint density at radius 2 is 1.85 bits per heavy atom. The molecule has 252 valence electrons. The summed E-state index contributed by atoms with van der Waals surface area (Å²) in [6.45, 7) is 9.52. The summed E-state index contributed by atoms with van der Waals surface area (Å²) in [6.07, 6.45) is 6.88. The highest BCUT2D eigenvalue weighted by Crippen LogP contribution is 2.28. The summed E-state index contributed by atoms with van der Waals surface area (Å²) in [5.74, 6) is 1.47. The Morgan fingerprint density at radius 1 is 1.04 bits per heavy atom. The number of nitrogens with one attached hydrogen (secondary N) is 2. The van der Waals surface area contributed by atoms with Crippen LogP contribution < -0.4 is 20.3 Å². The van der Waals surface area contributed by atoms with Crippen LogP contribution in [0, 0.1) is 6.92 Å². The van der Waals surface area contributed by atoms with E-state index in [0.29, 0.717) is 18.7 Å². The number of rotatable bonds is 11. The van der Waals surface area contributed by atoms with Crippen LogP contribution in [-0.2, 0) is 24.4 Å². The second-order valence-electron chi connectivity index (χ2n) is 13.2. The Hall–Kier alpha value is -4.09. The Labute approximate surface area is 277 Å². The van der Waals surface area contributed by atoms with E-state index in [2.05, 4.69) is 43.6 Å². The van der Waals surface area contributed by atoms with Gasteiger partial charge >= 0.3 is 0 Å². The fourth-order valence-corrected chi connectivity index (χ4v) is 6.86. The fraction of sp³-hybridized carbons (Fsp3) is 0.528. The zero-order chi connectivity index (χ0) is 32.8. The lowest BCUT2D eigenvalue weighted by atomic mass is 9.99. The molecule has 11 nitrogen and oxygen atoms in total. The van der Waals surface area contributed by atoms with E-state index in [0.717, 1.165) is 100.0 Å². The van der Waals surface area contributed by atoms with E-state index in [-0.39, 0.29) is 24.4 Å². The number of aliphatic hydroxyl groups excluding tert-OH is 1. The standard InChI is InChI=1S/C36H48N6O5/c1-25-35(47-24-38-25)23-46-34-7-6-28-21-40(13-8-27(28)18-34)22-33(44)20-37-36(45)29-16-31(19-32(17-29)42-11-4-3-5-12-42)39-30-9-14-41(15-10-30)26(2)43/h6-7,16-19,24,30,33,39,44H,3-5,8-15,20-23H2,1-2H3,(H,37,45)/t33-/m0/s1. The smallest absolute Gasteiger partial charge is 0.251 e. The lowest BCUT2D eigenvalue weighted by Gasteiger charge is -2.33. The highest BCUT2D eigenvalue weighted by atomic mass is 16.5. The molecule has 1 atom stereocenters. The maximum Gasteiger partial charge on any atom is 0.251 e. The summed E-state index contributed by atoms with van der Waals surface area (Å²) in [4.78, 5) is 35.8. The zero-order valence-corrected chi connectivity index (χ0v) is 27.7. The first kappa shape index (κ1) is 32.8. The molecule has 0 radical (unpaired) electrons. The number of aromatic nitrogens is 1. The van der Waals surface area contributed by atoms with Gasteiger partial charge in [-0.05, 0) is 86.9 Å². The minimum atomic E-state index is -0.692. The molecule has 6 rings (SSSR count). The summed E-state index contributed by atoms with van der Waals surface area (Å²) in [5, 5.41) is 17.6. The van der Waals surface area contributed by atoms with Crippen molar-refractivity contribution in [3.05, 3.63) is 70.9 Å². The molecule has 2 aromatic carbocycles. The molecule has 0 unspecified atom stereocenters. The van der Waals surface area contributed by atoms with E-state index in [1.165, 1.54) is 23.9 Å². The van der Waals surface area contributed by atoms with Crippen LogP contribution in [0.2, 0.25) is 0 Å². The zero-order valence-electron chi connectivity index (χ0n) is 27.7. The Balaban J connectivity index is 1.02. The molecule has 11 heteroatoms. The van der Waals surface area contributed by atoms with Gasteiger partial charge < -0.3 is 34.7 Å². The molecule has 2 saturated heterocycles. The van der Waals surface area contributed by atoms with Crippen LogP contribution in [0.15, 0.2) is 47.2 Å². The number of fused-ring (bicyclic) bond motifs is 1. The maximum absolute atomic E-state index is 13.4. The second kappa shape index (κ2) is 15.2. The number of hydrogen-bond donors (Lipinski definition) is 3. The largest absolute Gasteiger partial charge is 0.486 e. The van der Waals surface area contributed by atoms with E-state index >= 15 is 0 Å². The number of aliphatic hydroxyl groups is 1. The van der Waals surface area contributed by atoms with E-state index in [1.807, 2.05) is 30.0 Å². The Morgan fingerprint density at radius 3 is 2.60 bits per heavy atom. The van der Waals surface area contributed by atoms with Crippen molar-refractivity contribution < 1.29 is 23.8 Å². The summed E-state index contributed by atoms with van der Waals surface area (Å²) in [6, 6.07) is 12.4. The molecular weight excluding hydrogens is 596 g/mol. The molecule has 0 saturated carbocycles. The average molecular weight is 645 g/mol. The van der Waals surface area contributed by atoms with Gasteiger partial charge in [-0.15, -0.1) is 0 Å². The maximum atomic E-state index is 13.4. The topological polar surface area (TPSA) is 123 Å². The molecule has 2 fully saturated rings. The van der Waals surface area contributed by atoms with Gasteiger partial charge in [0.05, 0.1) is 11.8 Å². The Bertz CT molecular complexity index is 1530. The molecular formula is C36H48N6O5. The number of amides is 2. The van der Waals surface area contributed by atoms with E-state index in [1.54, 1.807) is 6.92 Å². The number of ether oxygens (including phenoxy) is 1. The van der Waals surface area contributed by atoms with Crippen molar-refractivity contribution >= 4 is 23.2 Å². The Kier molecular flexibility index (Phi) is 10.6. The van der Waals surface area contributed by atoms with Crippen LogP contribution in [-0.4, -0.2) is 89.7 Å². The van der Waals surface area contributed by atoms with Gasteiger partial charge in [0.1, 0.15) is 12.4 Å². The minimum Gasteiger partial charge on any atom is -0.486 e. The molecule has 3 aliphatic rings. The van der Waals surface area contributed by atoms with Crippen molar-refractivity contribution in [3.8, 4) is 5.75 Å². The first-order valence-electron chi connectivity index (χ1n) is 17.0. The number of anilines is 2. The number of β-amino-alcohol motifs (C(OH)–C–C–N with tert-alkyl or cyclic N) is 1. The lowest BCUT2D eigenvalue weighted by molar-refractivity contribution is -0.129. The van der Waals surface area contributed by atoms with Gasteiger partial charge in [0.15, 0.2) is 12.2 Å². The number of oxazole rings is 1. The third-order valence-corrected chi connectivity index (χ3v) is 9.66. The van der Waals surface area contributed by atoms with Crippen molar-refractivity contribution in [2.45, 2.75) is 77.7 Å². The lowest BCUT2D eigenvalue weighted by Crippen LogP contribution is -2.42. The second-order valence-corrected chi connectivity index (χ2v) is 13.2. The summed E-state index contributed by atoms with van der Waals surface area (Å²) >= 11 is 0. The number of benzene rings is 2. The molecule has 0 bridgehead atoms. The first-order chi connectivity index (χ1) is 22.8. The number of hydrogen-bond acceptors (Lipinski definition) is 9. The van der Waals surface area contributed by atoms with E-state index in [4.69, 9.17) is 9.15 Å². The van der Waals surface area contributed by atoms with Crippen molar-refractivity contribution in [1.82, 2.24) is 20.1 Å². The van der Waals surface area contributed by atoms with Crippen molar-refractivity contribution in [2.75, 3.05) is 56.0 Å². The molecule has 0 aliphatic carbocycles. The third kappa shape index (κ3) is 8.64. The number of carbonyl (C=O) groups excluding carboxylic acids is 2. The van der Waals surface area contributed by atoms with Gasteiger partial charge in [0.25, 0.3) is 5.91 Å². The molecule has 47 heavy (non-hydrogen) atoms. The average Bonchev–Trinajstić information content (AvgIpc) is 3.50. The van der Waals surface area contributed by atoms with Crippen LogP contribution in [0.5, 0.6) is 5.75 Å². The number of nitrogens with zero attached hydrogens (tertiary/aromatic N) is 4. The van der Waals surface area contributed by atoms with Gasteiger partial charge in [-0.1, -0.05) is 6.07 Å². The molecule has 2 amide bonds. The number of piperidine rings is 2.